The Morgan fingerprint density at radius 2 is 2.06 bits per heavy atom. The molecule has 1 N–H and O–H groups in total. The van der Waals surface area contributed by atoms with Gasteiger partial charge in [0.2, 0.25) is 6.41 Å². The van der Waals surface area contributed by atoms with E-state index in [9.17, 15) is 4.79 Å². The third-order valence-corrected chi connectivity index (χ3v) is 2.55. The van der Waals surface area contributed by atoms with Crippen molar-refractivity contribution < 1.29 is 4.79 Å². The molecule has 0 aliphatic heterocycles. The molecule has 0 aromatic heterocycles. The predicted molar refractivity (Wildman–Crippen MR) is 71.6 cm³/mol. The van der Waals surface area contributed by atoms with Crippen molar-refractivity contribution in [3.8, 4) is 0 Å². The molecule has 0 radical (unpaired) electrons. The van der Waals surface area contributed by atoms with Crippen LogP contribution in [0.4, 0.5) is 0 Å². The van der Waals surface area contributed by atoms with Crippen LogP contribution in [0.1, 0.15) is 31.9 Å². The zero-order chi connectivity index (χ0) is 12.5. The summed E-state index contributed by atoms with van der Waals surface area (Å²) in [5, 5.41) is 2.84. The van der Waals surface area contributed by atoms with Crippen LogP contribution in [-0.4, -0.2) is 6.41 Å². The first-order chi connectivity index (χ1) is 8.29. The zero-order valence-electron chi connectivity index (χ0n) is 10.4. The van der Waals surface area contributed by atoms with Crippen molar-refractivity contribution in [2.45, 2.75) is 26.3 Å². The third kappa shape index (κ3) is 4.27. The second-order valence-electron chi connectivity index (χ2n) is 3.88. The highest BCUT2D eigenvalue weighted by atomic mass is 16.1. The van der Waals surface area contributed by atoms with Crippen molar-refractivity contribution in [2.24, 2.45) is 0 Å². The van der Waals surface area contributed by atoms with E-state index in [4.69, 9.17) is 0 Å². The molecule has 0 saturated carbocycles. The first kappa shape index (κ1) is 13.2. The molecule has 0 aliphatic carbocycles. The maximum Gasteiger partial charge on any atom is 0.207 e. The first-order valence-corrected chi connectivity index (χ1v) is 5.87. The summed E-state index contributed by atoms with van der Waals surface area (Å²) in [5.74, 6) is 0. The lowest BCUT2D eigenvalue weighted by Crippen LogP contribution is -2.20. The molecule has 1 aromatic carbocycles. The van der Waals surface area contributed by atoms with Gasteiger partial charge in [0.25, 0.3) is 0 Å². The summed E-state index contributed by atoms with van der Waals surface area (Å²) in [5.41, 5.74) is 2.21. The van der Waals surface area contributed by atoms with Crippen LogP contribution >= 0.6 is 0 Å². The van der Waals surface area contributed by atoms with Crippen LogP contribution in [-0.2, 0) is 4.79 Å². The van der Waals surface area contributed by atoms with Crippen LogP contribution in [0.15, 0.2) is 54.1 Å². The van der Waals surface area contributed by atoms with Crippen molar-refractivity contribution in [3.05, 3.63) is 59.7 Å². The molecule has 2 heteroatoms. The van der Waals surface area contributed by atoms with E-state index in [2.05, 4.69) is 18.3 Å². The molecule has 0 saturated heterocycles. The van der Waals surface area contributed by atoms with Crippen molar-refractivity contribution in [3.63, 3.8) is 0 Å². The molecule has 1 unspecified atom stereocenters. The molecule has 1 rings (SSSR count). The van der Waals surface area contributed by atoms with E-state index in [0.29, 0.717) is 0 Å². The molecule has 17 heavy (non-hydrogen) atoms. The maximum atomic E-state index is 10.7. The Morgan fingerprint density at radius 3 is 2.65 bits per heavy atom. The standard InChI is InChI=1S/C15H19NO/c1-3-4-6-9-13(2)15(16-12-17)14-10-7-5-8-11-14/h4-12,15H,3H2,1-2H3,(H,16,17)/b6-4-,13-9+. The Bertz CT molecular complexity index is 393. The predicted octanol–water partition coefficient (Wildman–Crippen LogP) is 3.39. The molecule has 1 aromatic rings. The number of rotatable bonds is 6. The highest BCUT2D eigenvalue weighted by Gasteiger charge is 2.10. The molecule has 0 spiro atoms. The monoisotopic (exact) mass is 229 g/mol. The summed E-state index contributed by atoms with van der Waals surface area (Å²) in [6, 6.07) is 9.91. The van der Waals surface area contributed by atoms with Crippen LogP contribution in [0.3, 0.4) is 0 Å². The molecule has 0 aliphatic rings. The smallest absolute Gasteiger partial charge is 0.207 e. The van der Waals surface area contributed by atoms with Crippen LogP contribution in [0.5, 0.6) is 0 Å². The van der Waals surface area contributed by atoms with Crippen LogP contribution < -0.4 is 5.32 Å². The summed E-state index contributed by atoms with van der Waals surface area (Å²) in [7, 11) is 0. The first-order valence-electron chi connectivity index (χ1n) is 5.87. The van der Waals surface area contributed by atoms with Crippen molar-refractivity contribution >= 4 is 6.41 Å². The van der Waals surface area contributed by atoms with E-state index in [1.807, 2.05) is 49.4 Å². The average molecular weight is 229 g/mol. The molecular weight excluding hydrogens is 210 g/mol. The number of hydrogen-bond donors (Lipinski definition) is 1. The van der Waals surface area contributed by atoms with Crippen LogP contribution in [0.2, 0.25) is 0 Å². The van der Waals surface area contributed by atoms with Gasteiger partial charge >= 0.3 is 0 Å². The van der Waals surface area contributed by atoms with Crippen LogP contribution in [0.25, 0.3) is 0 Å². The van der Waals surface area contributed by atoms with E-state index in [-0.39, 0.29) is 6.04 Å². The normalized spacial score (nSPS) is 13.6. The summed E-state index contributed by atoms with van der Waals surface area (Å²) in [4.78, 5) is 10.7. The summed E-state index contributed by atoms with van der Waals surface area (Å²) >= 11 is 0. The molecule has 1 atom stereocenters. The Hall–Kier alpha value is -1.83. The van der Waals surface area contributed by atoms with Gasteiger partial charge in [0.15, 0.2) is 0 Å². The van der Waals surface area contributed by atoms with Crippen molar-refractivity contribution in [1.29, 1.82) is 0 Å². The van der Waals surface area contributed by atoms with Gasteiger partial charge < -0.3 is 5.32 Å². The van der Waals surface area contributed by atoms with E-state index >= 15 is 0 Å². The van der Waals surface area contributed by atoms with Crippen molar-refractivity contribution in [1.82, 2.24) is 5.32 Å². The molecular formula is C15H19NO. The molecule has 0 fully saturated rings. The van der Waals surface area contributed by atoms with E-state index in [1.165, 1.54) is 0 Å². The number of benzene rings is 1. The SMILES string of the molecule is CC/C=C\C=C(/C)C(NC=O)c1ccccc1. The molecule has 0 heterocycles. The second kappa shape index (κ2) is 7.44. The highest BCUT2D eigenvalue weighted by Crippen LogP contribution is 2.20. The molecule has 0 bridgehead atoms. The topological polar surface area (TPSA) is 29.1 Å². The van der Waals surface area contributed by atoms with Crippen molar-refractivity contribution in [2.75, 3.05) is 0 Å². The lowest BCUT2D eigenvalue weighted by molar-refractivity contribution is -0.110. The second-order valence-corrected chi connectivity index (χ2v) is 3.88. The lowest BCUT2D eigenvalue weighted by atomic mass is 9.99. The third-order valence-electron chi connectivity index (χ3n) is 2.55. The largest absolute Gasteiger partial charge is 0.348 e. The minimum Gasteiger partial charge on any atom is -0.348 e. The van der Waals surface area contributed by atoms with Gasteiger partial charge in [-0.25, -0.2) is 0 Å². The Kier molecular flexibility index (Phi) is 5.80. The Morgan fingerprint density at radius 1 is 1.35 bits per heavy atom. The average Bonchev–Trinajstić information content (AvgIpc) is 2.37. The van der Waals surface area contributed by atoms with Gasteiger partial charge in [0.05, 0.1) is 6.04 Å². The number of carbonyl (C=O) groups excluding carboxylic acids is 1. The van der Waals surface area contributed by atoms with E-state index < -0.39 is 0 Å². The number of hydrogen-bond acceptors (Lipinski definition) is 1. The highest BCUT2D eigenvalue weighted by molar-refractivity contribution is 5.50. The summed E-state index contributed by atoms with van der Waals surface area (Å²) in [6.45, 7) is 4.12. The Labute approximate surface area is 103 Å². The summed E-state index contributed by atoms with van der Waals surface area (Å²) in [6.07, 6.45) is 7.92. The fourth-order valence-electron chi connectivity index (χ4n) is 1.66. The number of amides is 1. The van der Waals surface area contributed by atoms with Gasteiger partial charge in [0.1, 0.15) is 0 Å². The quantitative estimate of drug-likeness (QED) is 0.588. The minimum atomic E-state index is -0.0461. The number of carbonyl (C=O) groups is 1. The van der Waals surface area contributed by atoms with Gasteiger partial charge in [-0.1, -0.05) is 55.5 Å². The number of allylic oxidation sites excluding steroid dienone is 3. The molecule has 2 nitrogen and oxygen atoms in total. The fourth-order valence-corrected chi connectivity index (χ4v) is 1.66. The maximum absolute atomic E-state index is 10.7. The fraction of sp³-hybridized carbons (Fsp3) is 0.267. The summed E-state index contributed by atoms with van der Waals surface area (Å²) < 4.78 is 0. The van der Waals surface area contributed by atoms with Gasteiger partial charge in [0, 0.05) is 0 Å². The number of nitrogens with one attached hydrogen (secondary N) is 1. The zero-order valence-corrected chi connectivity index (χ0v) is 10.4. The van der Waals surface area contributed by atoms with Gasteiger partial charge in [-0.3, -0.25) is 4.79 Å². The lowest BCUT2D eigenvalue weighted by Gasteiger charge is -2.17. The van der Waals surface area contributed by atoms with Crippen LogP contribution in [0, 0.1) is 0 Å². The molecule has 90 valence electrons. The van der Waals surface area contributed by atoms with Gasteiger partial charge in [-0.15, -0.1) is 0 Å². The van der Waals surface area contributed by atoms with E-state index in [1.54, 1.807) is 0 Å². The van der Waals surface area contributed by atoms with Gasteiger partial charge in [-0.2, -0.15) is 0 Å². The van der Waals surface area contributed by atoms with E-state index in [0.717, 1.165) is 24.0 Å². The van der Waals surface area contributed by atoms with Gasteiger partial charge in [-0.05, 0) is 24.5 Å². The Balaban J connectivity index is 2.89. The molecule has 1 amide bonds. The minimum absolute atomic E-state index is 0.0461.